The lowest BCUT2D eigenvalue weighted by molar-refractivity contribution is -0.113. The van der Waals surface area contributed by atoms with Crippen molar-refractivity contribution in [3.05, 3.63) is 83.8 Å². The van der Waals surface area contributed by atoms with Crippen molar-refractivity contribution in [2.45, 2.75) is 6.92 Å². The van der Waals surface area contributed by atoms with Gasteiger partial charge in [0, 0.05) is 22.1 Å². The van der Waals surface area contributed by atoms with Gasteiger partial charge in [-0.3, -0.25) is 14.4 Å². The molecule has 0 radical (unpaired) electrons. The summed E-state index contributed by atoms with van der Waals surface area (Å²) in [4.78, 5) is 44.7. The molecular weight excluding hydrogens is 468 g/mol. The van der Waals surface area contributed by atoms with Gasteiger partial charge in [0.1, 0.15) is 4.53 Å². The van der Waals surface area contributed by atoms with Gasteiger partial charge in [-0.15, -0.1) is 0 Å². The number of nitrogens with zero attached hydrogens (tertiary/aromatic N) is 4. The second-order valence-electron chi connectivity index (χ2n) is 6.65. The molecule has 7 nitrogen and oxygen atoms in total. The van der Waals surface area contributed by atoms with Crippen LogP contribution in [-0.4, -0.2) is 27.0 Å². The highest BCUT2D eigenvalue weighted by Gasteiger charge is 2.33. The number of hydrogen-bond acceptors (Lipinski definition) is 6. The van der Waals surface area contributed by atoms with E-state index in [4.69, 9.17) is 0 Å². The van der Waals surface area contributed by atoms with Gasteiger partial charge in [-0.05, 0) is 25.1 Å². The fraction of sp³-hybridized carbons (Fsp3) is 0.0952. The molecule has 0 unspecified atom stereocenters. The zero-order valence-corrected chi connectivity index (χ0v) is 18.0. The molecular formula is C21H13BrN4O3S. The minimum absolute atomic E-state index is 0.0932. The van der Waals surface area contributed by atoms with Crippen LogP contribution in [0.4, 0.5) is 5.69 Å². The molecule has 0 atom stereocenters. The summed E-state index contributed by atoms with van der Waals surface area (Å²) in [6.07, 6.45) is 0. The first-order chi connectivity index (χ1) is 14.5. The Labute approximate surface area is 182 Å². The Bertz CT molecular complexity index is 1510. The van der Waals surface area contributed by atoms with Crippen LogP contribution in [0.1, 0.15) is 12.5 Å². The smallest absolute Gasteiger partial charge is 0.300 e. The van der Waals surface area contributed by atoms with E-state index in [0.717, 1.165) is 26.0 Å². The lowest BCUT2D eigenvalue weighted by Crippen LogP contribution is -2.33. The second-order valence-corrected chi connectivity index (χ2v) is 8.54. The molecule has 9 heteroatoms. The first-order valence-corrected chi connectivity index (χ1v) is 10.8. The van der Waals surface area contributed by atoms with E-state index in [2.05, 4.69) is 26.0 Å². The van der Waals surface area contributed by atoms with E-state index in [0.29, 0.717) is 23.2 Å². The number of thiazole rings is 1. The predicted molar refractivity (Wildman–Crippen MR) is 119 cm³/mol. The molecule has 0 saturated heterocycles. The molecule has 3 heterocycles. The van der Waals surface area contributed by atoms with Crippen LogP contribution in [0.15, 0.2) is 62.6 Å². The van der Waals surface area contributed by atoms with Crippen LogP contribution in [0.5, 0.6) is 0 Å². The zero-order chi connectivity index (χ0) is 21.0. The molecule has 2 aromatic heterocycles. The Kier molecular flexibility index (Phi) is 4.37. The molecule has 30 heavy (non-hydrogen) atoms. The first kappa shape index (κ1) is 18.8. The number of carbonyl (C=O) groups is 1. The van der Waals surface area contributed by atoms with Gasteiger partial charge in [-0.2, -0.15) is 14.6 Å². The lowest BCUT2D eigenvalue weighted by Gasteiger charge is -2.13. The predicted octanol–water partition coefficient (Wildman–Crippen LogP) is 2.23. The minimum Gasteiger partial charge on any atom is -0.308 e. The van der Waals surface area contributed by atoms with Gasteiger partial charge in [-0.1, -0.05) is 57.6 Å². The molecule has 1 aliphatic rings. The monoisotopic (exact) mass is 480 g/mol. The third kappa shape index (κ3) is 2.73. The van der Waals surface area contributed by atoms with Crippen molar-refractivity contribution < 1.29 is 4.79 Å². The van der Waals surface area contributed by atoms with Crippen molar-refractivity contribution in [2.75, 3.05) is 11.4 Å². The van der Waals surface area contributed by atoms with Gasteiger partial charge in [0.25, 0.3) is 11.5 Å². The molecule has 4 aromatic rings. The van der Waals surface area contributed by atoms with Crippen LogP contribution >= 0.6 is 27.3 Å². The largest absolute Gasteiger partial charge is 0.308 e. The highest BCUT2D eigenvalue weighted by atomic mass is 79.9. The number of carbonyl (C=O) groups excluding carboxylic acids is 1. The maximum absolute atomic E-state index is 13.2. The van der Waals surface area contributed by atoms with E-state index in [-0.39, 0.29) is 21.1 Å². The number of hydrogen-bond donors (Lipinski definition) is 0. The average Bonchev–Trinajstić information content (AvgIpc) is 3.20. The van der Waals surface area contributed by atoms with E-state index < -0.39 is 11.1 Å². The number of rotatable bonds is 2. The Morgan fingerprint density at radius 2 is 1.83 bits per heavy atom. The summed E-state index contributed by atoms with van der Waals surface area (Å²) in [7, 11) is 0. The van der Waals surface area contributed by atoms with Gasteiger partial charge in [0.2, 0.25) is 4.96 Å². The fourth-order valence-electron chi connectivity index (χ4n) is 3.57. The zero-order valence-electron chi connectivity index (χ0n) is 15.6. The van der Waals surface area contributed by atoms with E-state index in [9.17, 15) is 14.4 Å². The molecule has 5 rings (SSSR count). The third-order valence-corrected chi connectivity index (χ3v) is 6.45. The van der Waals surface area contributed by atoms with Crippen LogP contribution in [0, 0.1) is 0 Å². The Balaban J connectivity index is 1.85. The van der Waals surface area contributed by atoms with Crippen molar-refractivity contribution in [1.82, 2.24) is 14.6 Å². The van der Waals surface area contributed by atoms with E-state index in [1.165, 1.54) is 0 Å². The molecule has 0 fully saturated rings. The minimum atomic E-state index is -0.518. The summed E-state index contributed by atoms with van der Waals surface area (Å²) in [5, 5.41) is 4.27. The fourth-order valence-corrected chi connectivity index (χ4v) is 4.93. The van der Waals surface area contributed by atoms with Gasteiger partial charge in [0.05, 0.1) is 11.3 Å². The highest BCUT2D eigenvalue weighted by Crippen LogP contribution is 2.36. The molecule has 0 bridgehead atoms. The van der Waals surface area contributed by atoms with Crippen molar-refractivity contribution in [3.8, 4) is 11.3 Å². The Morgan fingerprint density at radius 1 is 1.07 bits per heavy atom. The first-order valence-electron chi connectivity index (χ1n) is 9.15. The summed E-state index contributed by atoms with van der Waals surface area (Å²) in [5.41, 5.74) is 1.42. The summed E-state index contributed by atoms with van der Waals surface area (Å²) in [6.45, 7) is 2.35. The third-order valence-electron chi connectivity index (χ3n) is 4.93. The maximum Gasteiger partial charge on any atom is 0.300 e. The Morgan fingerprint density at radius 3 is 2.57 bits per heavy atom. The number of amides is 1. The molecule has 1 aliphatic heterocycles. The second kappa shape index (κ2) is 6.96. The summed E-state index contributed by atoms with van der Waals surface area (Å²) in [5.74, 6) is -0.250. The van der Waals surface area contributed by atoms with Gasteiger partial charge in [-0.25, -0.2) is 0 Å². The SMILES string of the molecule is CCN1C(=O)C(=c2sc3nc(=O)c(-c4ccccc4)nn3c2=O)c2cc(Br)ccc21. The van der Waals surface area contributed by atoms with Crippen LogP contribution in [0.3, 0.4) is 0 Å². The molecule has 2 aromatic carbocycles. The molecule has 1 amide bonds. The van der Waals surface area contributed by atoms with Crippen molar-refractivity contribution in [1.29, 1.82) is 0 Å². The number of halogens is 1. The summed E-state index contributed by atoms with van der Waals surface area (Å²) >= 11 is 4.44. The molecule has 0 saturated carbocycles. The standard InChI is InChI=1S/C21H13BrN4O3S/c1-2-25-14-9-8-12(22)10-13(14)15(19(25)28)17-20(29)26-21(30-17)23-18(27)16(24-26)11-6-4-3-5-7-11/h3-10H,2H2,1H3. The van der Waals surface area contributed by atoms with Gasteiger partial charge >= 0.3 is 5.56 Å². The van der Waals surface area contributed by atoms with Crippen molar-refractivity contribution >= 4 is 49.4 Å². The molecule has 0 spiro atoms. The quantitative estimate of drug-likeness (QED) is 0.439. The maximum atomic E-state index is 13.2. The van der Waals surface area contributed by atoms with E-state index in [1.807, 2.05) is 31.2 Å². The van der Waals surface area contributed by atoms with Crippen LogP contribution in [0.2, 0.25) is 0 Å². The van der Waals surface area contributed by atoms with Crippen LogP contribution in [0.25, 0.3) is 21.8 Å². The number of anilines is 1. The van der Waals surface area contributed by atoms with Crippen LogP contribution in [-0.2, 0) is 4.79 Å². The molecule has 148 valence electrons. The summed E-state index contributed by atoms with van der Waals surface area (Å²) < 4.78 is 2.13. The van der Waals surface area contributed by atoms with E-state index >= 15 is 0 Å². The summed E-state index contributed by atoms with van der Waals surface area (Å²) in [6, 6.07) is 14.4. The molecule has 0 aliphatic carbocycles. The van der Waals surface area contributed by atoms with Gasteiger partial charge in [0.15, 0.2) is 5.69 Å². The molecule has 0 N–H and O–H groups in total. The lowest BCUT2D eigenvalue weighted by atomic mass is 10.1. The number of likely N-dealkylation sites (N-methyl/N-ethyl adjacent to an activating group) is 1. The van der Waals surface area contributed by atoms with Crippen molar-refractivity contribution in [2.24, 2.45) is 0 Å². The normalized spacial score (nSPS) is 15.1. The topological polar surface area (TPSA) is 84.6 Å². The Hall–Kier alpha value is -3.17. The average molecular weight is 481 g/mol. The number of aromatic nitrogens is 3. The number of benzene rings is 2. The van der Waals surface area contributed by atoms with E-state index in [1.54, 1.807) is 29.2 Å². The van der Waals surface area contributed by atoms with Gasteiger partial charge < -0.3 is 4.90 Å². The highest BCUT2D eigenvalue weighted by molar-refractivity contribution is 9.10. The van der Waals surface area contributed by atoms with Crippen LogP contribution < -0.4 is 20.6 Å². The van der Waals surface area contributed by atoms with Crippen molar-refractivity contribution in [3.63, 3.8) is 0 Å². The number of fused-ring (bicyclic) bond motifs is 2.